The van der Waals surface area contributed by atoms with E-state index < -0.39 is 11.3 Å². The Morgan fingerprint density at radius 1 is 1.15 bits per heavy atom. The normalized spacial score (nSPS) is 9.90. The molecule has 6 heteroatoms. The van der Waals surface area contributed by atoms with Crippen molar-refractivity contribution in [3.05, 3.63) is 52.6 Å². The van der Waals surface area contributed by atoms with Crippen LogP contribution in [0.1, 0.15) is 10.6 Å². The molecule has 0 aliphatic heterocycles. The van der Waals surface area contributed by atoms with Gasteiger partial charge in [-0.2, -0.15) is 0 Å². The minimum Gasteiger partial charge on any atom is -0.495 e. The number of nitrogens with one attached hydrogen (secondary N) is 1. The summed E-state index contributed by atoms with van der Waals surface area (Å²) in [7, 11) is 2.85. The third-order valence-electron chi connectivity index (χ3n) is 2.60. The highest BCUT2D eigenvalue weighted by Crippen LogP contribution is 2.23. The lowest BCUT2D eigenvalue weighted by Crippen LogP contribution is -2.15. The van der Waals surface area contributed by atoms with Crippen LogP contribution in [0.3, 0.4) is 0 Å². The van der Waals surface area contributed by atoms with Gasteiger partial charge >= 0.3 is 0 Å². The quantitative estimate of drug-likeness (QED) is 0.922. The summed E-state index contributed by atoms with van der Waals surface area (Å²) >= 11 is 0. The van der Waals surface area contributed by atoms with E-state index in [1.54, 1.807) is 24.3 Å². The van der Waals surface area contributed by atoms with E-state index in [-0.39, 0.29) is 11.5 Å². The number of methoxy groups -OCH3 is 2. The lowest BCUT2D eigenvalue weighted by molar-refractivity contribution is 0.0993. The fourth-order valence-electron chi connectivity index (χ4n) is 1.60. The van der Waals surface area contributed by atoms with Gasteiger partial charge in [0.05, 0.1) is 19.9 Å². The van der Waals surface area contributed by atoms with Crippen LogP contribution in [-0.4, -0.2) is 20.1 Å². The third kappa shape index (κ3) is 2.80. The lowest BCUT2D eigenvalue weighted by atomic mass is 10.2. The Labute approximate surface area is 114 Å². The molecule has 2 rings (SSSR count). The molecule has 0 aliphatic rings. The lowest BCUT2D eigenvalue weighted by Gasteiger charge is -2.09. The van der Waals surface area contributed by atoms with Crippen LogP contribution in [0.5, 0.6) is 11.5 Å². The van der Waals surface area contributed by atoms with E-state index in [1.165, 1.54) is 14.2 Å². The van der Waals surface area contributed by atoms with E-state index in [0.29, 0.717) is 11.4 Å². The summed E-state index contributed by atoms with van der Waals surface area (Å²) in [6, 6.07) is 7.99. The van der Waals surface area contributed by atoms with Gasteiger partial charge in [-0.1, -0.05) is 12.1 Å². The maximum Gasteiger partial charge on any atom is 0.291 e. The Kier molecular flexibility index (Phi) is 4.05. The molecule has 1 N–H and O–H groups in total. The molecule has 0 atom stereocenters. The van der Waals surface area contributed by atoms with Crippen LogP contribution in [0.15, 0.2) is 45.8 Å². The maximum absolute atomic E-state index is 12.0. The minimum absolute atomic E-state index is 0.0406. The fraction of sp³-hybridized carbons (Fsp3) is 0.143. The van der Waals surface area contributed by atoms with E-state index in [4.69, 9.17) is 13.9 Å². The first kappa shape index (κ1) is 13.7. The van der Waals surface area contributed by atoms with Gasteiger partial charge in [-0.25, -0.2) is 0 Å². The molecule has 0 fully saturated rings. The van der Waals surface area contributed by atoms with Gasteiger partial charge in [-0.05, 0) is 12.1 Å². The zero-order valence-electron chi connectivity index (χ0n) is 11.0. The maximum atomic E-state index is 12.0. The highest BCUT2D eigenvalue weighted by molar-refractivity contribution is 6.03. The van der Waals surface area contributed by atoms with Crippen LogP contribution in [0, 0.1) is 0 Å². The van der Waals surface area contributed by atoms with E-state index >= 15 is 0 Å². The van der Waals surface area contributed by atoms with Gasteiger partial charge in [-0.15, -0.1) is 0 Å². The summed E-state index contributed by atoms with van der Waals surface area (Å²) in [6.07, 6.45) is 1.10. The van der Waals surface area contributed by atoms with E-state index in [2.05, 4.69) is 5.32 Å². The second-order valence-electron chi connectivity index (χ2n) is 3.83. The molecule has 1 aromatic carbocycles. The van der Waals surface area contributed by atoms with Crippen LogP contribution >= 0.6 is 0 Å². The largest absolute Gasteiger partial charge is 0.495 e. The highest BCUT2D eigenvalue weighted by atomic mass is 16.5. The van der Waals surface area contributed by atoms with Crippen LogP contribution in [-0.2, 0) is 0 Å². The van der Waals surface area contributed by atoms with Crippen molar-refractivity contribution < 1.29 is 18.7 Å². The Balaban J connectivity index is 2.24. The predicted octanol–water partition coefficient (Wildman–Crippen LogP) is 1.91. The molecule has 1 aromatic heterocycles. The van der Waals surface area contributed by atoms with Crippen LogP contribution in [0.2, 0.25) is 0 Å². The third-order valence-corrected chi connectivity index (χ3v) is 2.60. The van der Waals surface area contributed by atoms with E-state index in [9.17, 15) is 9.59 Å². The second kappa shape index (κ2) is 5.92. The molecule has 2 aromatic rings. The number of benzene rings is 1. The molecule has 0 unspecified atom stereocenters. The number of hydrogen-bond donors (Lipinski definition) is 1. The summed E-state index contributed by atoms with van der Waals surface area (Å²) in [5.74, 6) is -0.105. The van der Waals surface area contributed by atoms with Crippen LogP contribution < -0.4 is 20.2 Å². The number of hydrogen-bond acceptors (Lipinski definition) is 5. The molecule has 0 radical (unpaired) electrons. The molecule has 1 heterocycles. The minimum atomic E-state index is -0.547. The van der Waals surface area contributed by atoms with E-state index in [0.717, 1.165) is 12.3 Å². The number of ether oxygens (including phenoxy) is 2. The van der Waals surface area contributed by atoms with Gasteiger partial charge in [-0.3, -0.25) is 9.59 Å². The number of anilines is 1. The number of carbonyl (C=O) groups is 1. The Morgan fingerprint density at radius 3 is 2.50 bits per heavy atom. The van der Waals surface area contributed by atoms with Crippen molar-refractivity contribution in [1.29, 1.82) is 0 Å². The predicted molar refractivity (Wildman–Crippen MR) is 72.5 cm³/mol. The van der Waals surface area contributed by atoms with Crippen molar-refractivity contribution >= 4 is 11.6 Å². The highest BCUT2D eigenvalue weighted by Gasteiger charge is 2.13. The first-order valence-electron chi connectivity index (χ1n) is 5.77. The average Bonchev–Trinajstić information content (AvgIpc) is 2.47. The van der Waals surface area contributed by atoms with Gasteiger partial charge in [0, 0.05) is 6.07 Å². The van der Waals surface area contributed by atoms with Gasteiger partial charge in [0.15, 0.2) is 5.76 Å². The summed E-state index contributed by atoms with van der Waals surface area (Å²) in [6.45, 7) is 0. The zero-order chi connectivity index (χ0) is 14.5. The van der Waals surface area contributed by atoms with Crippen LogP contribution in [0.4, 0.5) is 5.69 Å². The molecule has 0 aliphatic carbocycles. The topological polar surface area (TPSA) is 77.8 Å². The van der Waals surface area contributed by atoms with Crippen molar-refractivity contribution in [3.8, 4) is 11.5 Å². The first-order chi connectivity index (χ1) is 9.65. The summed E-state index contributed by atoms with van der Waals surface area (Å²) in [5.41, 5.74) is 0.0578. The molecule has 0 saturated heterocycles. The SMILES string of the molecule is COc1ccccc1NC(=O)c1cc(=O)c(OC)co1. The van der Waals surface area contributed by atoms with Crippen LogP contribution in [0.25, 0.3) is 0 Å². The smallest absolute Gasteiger partial charge is 0.291 e. The van der Waals surface area contributed by atoms with Gasteiger partial charge in [0.1, 0.15) is 12.0 Å². The van der Waals surface area contributed by atoms with Gasteiger partial charge in [0.2, 0.25) is 11.2 Å². The molecular formula is C14H13NO5. The molecule has 0 bridgehead atoms. The van der Waals surface area contributed by atoms with Crippen molar-refractivity contribution in [2.24, 2.45) is 0 Å². The summed E-state index contributed by atoms with van der Waals surface area (Å²) in [4.78, 5) is 23.6. The average molecular weight is 275 g/mol. The number of carbonyl (C=O) groups excluding carboxylic acids is 1. The molecule has 1 amide bonds. The molecule has 6 nitrogen and oxygen atoms in total. The van der Waals surface area contributed by atoms with Gasteiger partial charge < -0.3 is 19.2 Å². The summed E-state index contributed by atoms with van der Waals surface area (Å²) in [5, 5.41) is 2.61. The Bertz CT molecular complexity index is 677. The van der Waals surface area contributed by atoms with Crippen molar-refractivity contribution in [1.82, 2.24) is 0 Å². The Morgan fingerprint density at radius 2 is 1.85 bits per heavy atom. The standard InChI is InChI=1S/C14H13NO5/c1-18-11-6-4-3-5-9(11)15-14(17)12-7-10(16)13(19-2)8-20-12/h3-8H,1-2H3,(H,15,17). The first-order valence-corrected chi connectivity index (χ1v) is 5.77. The number of rotatable bonds is 4. The summed E-state index contributed by atoms with van der Waals surface area (Å²) < 4.78 is 15.0. The molecule has 104 valence electrons. The molecular weight excluding hydrogens is 262 g/mol. The Hall–Kier alpha value is -2.76. The molecule has 0 saturated carbocycles. The second-order valence-corrected chi connectivity index (χ2v) is 3.83. The number of amides is 1. The molecule has 0 spiro atoms. The molecule has 20 heavy (non-hydrogen) atoms. The monoisotopic (exact) mass is 275 g/mol. The van der Waals surface area contributed by atoms with Gasteiger partial charge in [0.25, 0.3) is 5.91 Å². The van der Waals surface area contributed by atoms with Crippen molar-refractivity contribution in [2.75, 3.05) is 19.5 Å². The van der Waals surface area contributed by atoms with Crippen molar-refractivity contribution in [3.63, 3.8) is 0 Å². The number of para-hydroxylation sites is 2. The van der Waals surface area contributed by atoms with Crippen molar-refractivity contribution in [2.45, 2.75) is 0 Å². The zero-order valence-corrected chi connectivity index (χ0v) is 11.0. The van der Waals surface area contributed by atoms with E-state index in [1.807, 2.05) is 0 Å². The fourth-order valence-corrected chi connectivity index (χ4v) is 1.60.